The number of carbonyl (C=O) groups is 3. The van der Waals surface area contributed by atoms with Crippen LogP contribution in [0.25, 0.3) is 0 Å². The molecule has 0 aromatic heterocycles. The van der Waals surface area contributed by atoms with Gasteiger partial charge in [-0.15, -0.1) is 0 Å². The molecule has 4 aliphatic heterocycles. The first-order valence-electron chi connectivity index (χ1n) is 13.3. The van der Waals surface area contributed by atoms with Crippen molar-refractivity contribution in [3.8, 4) is 5.75 Å². The van der Waals surface area contributed by atoms with Gasteiger partial charge >= 0.3 is 0 Å². The van der Waals surface area contributed by atoms with E-state index < -0.39 is 6.04 Å². The lowest BCUT2D eigenvalue weighted by molar-refractivity contribution is -0.136. The molecule has 1 spiro atoms. The minimum absolute atomic E-state index is 0.107. The first-order chi connectivity index (χ1) is 18.0. The summed E-state index contributed by atoms with van der Waals surface area (Å²) < 4.78 is 5.51. The molecule has 3 amide bonds. The molecule has 3 saturated heterocycles. The van der Waals surface area contributed by atoms with Crippen LogP contribution in [0.15, 0.2) is 42.5 Å². The van der Waals surface area contributed by atoms with Gasteiger partial charge in [0.25, 0.3) is 5.91 Å². The summed E-state index contributed by atoms with van der Waals surface area (Å²) in [4.78, 5) is 43.8. The Kier molecular flexibility index (Phi) is 6.15. The maximum atomic E-state index is 13.2. The predicted molar refractivity (Wildman–Crippen MR) is 140 cm³/mol. The predicted octanol–water partition coefficient (Wildman–Crippen LogP) is 2.60. The minimum atomic E-state index is -0.576. The van der Waals surface area contributed by atoms with Crippen LogP contribution in [0.3, 0.4) is 0 Å². The molecule has 3 fully saturated rings. The van der Waals surface area contributed by atoms with E-state index in [2.05, 4.69) is 33.3 Å². The van der Waals surface area contributed by atoms with Gasteiger partial charge in [-0.3, -0.25) is 19.7 Å². The second kappa shape index (κ2) is 9.49. The molecule has 1 N–H and O–H groups in total. The van der Waals surface area contributed by atoms with Crippen LogP contribution < -0.4 is 15.0 Å². The number of fused-ring (bicyclic) bond motifs is 1. The number of benzene rings is 2. The first-order valence-corrected chi connectivity index (χ1v) is 13.3. The van der Waals surface area contributed by atoms with E-state index in [-0.39, 0.29) is 24.1 Å². The zero-order valence-electron chi connectivity index (χ0n) is 21.4. The van der Waals surface area contributed by atoms with Gasteiger partial charge in [-0.25, -0.2) is 0 Å². The summed E-state index contributed by atoms with van der Waals surface area (Å²) in [6, 6.07) is 13.6. The Morgan fingerprint density at radius 3 is 2.57 bits per heavy atom. The van der Waals surface area contributed by atoms with Crippen molar-refractivity contribution in [1.82, 2.24) is 15.1 Å². The smallest absolute Gasteiger partial charge is 0.255 e. The molecule has 0 radical (unpaired) electrons. The molecular weight excluding hydrogens is 468 g/mol. The number of amides is 3. The molecule has 1 unspecified atom stereocenters. The lowest BCUT2D eigenvalue weighted by Gasteiger charge is -2.55. The van der Waals surface area contributed by atoms with Crippen LogP contribution in [0.4, 0.5) is 5.69 Å². The van der Waals surface area contributed by atoms with Crippen LogP contribution in [-0.4, -0.2) is 73.4 Å². The van der Waals surface area contributed by atoms with Crippen LogP contribution >= 0.6 is 0 Å². The molecule has 4 aliphatic rings. The number of para-hydroxylation sites is 1. The van der Waals surface area contributed by atoms with Gasteiger partial charge in [0.05, 0.1) is 7.11 Å². The van der Waals surface area contributed by atoms with E-state index in [1.165, 1.54) is 18.4 Å². The highest BCUT2D eigenvalue weighted by atomic mass is 16.5. The standard InChI is InChI=1S/C29H34N4O4/c1-37-25-8-3-2-5-20(25)11-14-31-15-12-29(13-16-31)18-32(19-29)23-7-4-6-21-22(23)17-33(28(21)36)24-9-10-26(34)30-27(24)35/h2-8,24H,9-19H2,1H3,(H,30,34,35). The molecule has 0 saturated carbocycles. The van der Waals surface area contributed by atoms with E-state index in [1.54, 1.807) is 12.0 Å². The quantitative estimate of drug-likeness (QED) is 0.612. The Morgan fingerprint density at radius 1 is 1.03 bits per heavy atom. The number of carbonyl (C=O) groups excluding carboxylic acids is 3. The highest BCUT2D eigenvalue weighted by Crippen LogP contribution is 2.45. The third-order valence-corrected chi connectivity index (χ3v) is 8.76. The highest BCUT2D eigenvalue weighted by molar-refractivity contribution is 6.06. The van der Waals surface area contributed by atoms with Gasteiger partial charge < -0.3 is 19.4 Å². The van der Waals surface area contributed by atoms with E-state index >= 15 is 0 Å². The SMILES string of the molecule is COc1ccccc1CCN1CCC2(CC1)CN(c1cccc3c1CN(C1CCC(=O)NC1=O)C3=O)C2. The second-order valence-electron chi connectivity index (χ2n) is 11.0. The maximum absolute atomic E-state index is 13.2. The maximum Gasteiger partial charge on any atom is 0.255 e. The van der Waals surface area contributed by atoms with Gasteiger partial charge in [0.2, 0.25) is 11.8 Å². The summed E-state index contributed by atoms with van der Waals surface area (Å²) >= 11 is 0. The van der Waals surface area contributed by atoms with Crippen molar-refractivity contribution in [2.75, 3.05) is 44.7 Å². The summed E-state index contributed by atoms with van der Waals surface area (Å²) in [5.41, 5.74) is 4.43. The number of nitrogens with zero attached hydrogens (tertiary/aromatic N) is 3. The van der Waals surface area contributed by atoms with Crippen LogP contribution in [0.2, 0.25) is 0 Å². The van der Waals surface area contributed by atoms with Crippen molar-refractivity contribution in [3.05, 3.63) is 59.2 Å². The Hall–Kier alpha value is -3.39. The van der Waals surface area contributed by atoms with Crippen LogP contribution in [0.5, 0.6) is 5.75 Å². The Balaban J connectivity index is 1.06. The molecule has 0 aliphatic carbocycles. The fourth-order valence-corrected chi connectivity index (χ4v) is 6.55. The van der Waals surface area contributed by atoms with Gasteiger partial charge in [0.15, 0.2) is 0 Å². The van der Waals surface area contributed by atoms with Gasteiger partial charge in [-0.05, 0) is 62.5 Å². The molecule has 8 nitrogen and oxygen atoms in total. The normalized spacial score (nSPS) is 23.2. The molecule has 6 rings (SSSR count). The number of ether oxygens (including phenoxy) is 1. The second-order valence-corrected chi connectivity index (χ2v) is 11.0. The van der Waals surface area contributed by atoms with E-state index in [0.29, 0.717) is 23.9 Å². The van der Waals surface area contributed by atoms with Crippen molar-refractivity contribution < 1.29 is 19.1 Å². The number of rotatable bonds is 6. The number of methoxy groups -OCH3 is 1. The lowest BCUT2D eigenvalue weighted by Crippen LogP contribution is -2.60. The number of likely N-dealkylation sites (tertiary alicyclic amines) is 1. The number of hydrogen-bond donors (Lipinski definition) is 1. The third-order valence-electron chi connectivity index (χ3n) is 8.76. The number of hydrogen-bond acceptors (Lipinski definition) is 6. The van der Waals surface area contributed by atoms with E-state index in [0.717, 1.165) is 56.1 Å². The highest BCUT2D eigenvalue weighted by Gasteiger charge is 2.47. The average Bonchev–Trinajstić information content (AvgIpc) is 3.23. The largest absolute Gasteiger partial charge is 0.496 e. The molecule has 2 aromatic rings. The lowest BCUT2D eigenvalue weighted by atomic mass is 9.71. The summed E-state index contributed by atoms with van der Waals surface area (Å²) in [6.07, 6.45) is 4.03. The van der Waals surface area contributed by atoms with Gasteiger partial charge in [-0.2, -0.15) is 0 Å². The monoisotopic (exact) mass is 502 g/mol. The number of piperidine rings is 2. The van der Waals surface area contributed by atoms with Crippen molar-refractivity contribution >= 4 is 23.4 Å². The van der Waals surface area contributed by atoms with E-state index in [1.807, 2.05) is 24.3 Å². The Morgan fingerprint density at radius 2 is 1.81 bits per heavy atom. The van der Waals surface area contributed by atoms with Crippen molar-refractivity contribution in [2.24, 2.45) is 5.41 Å². The molecule has 8 heteroatoms. The molecule has 194 valence electrons. The molecule has 37 heavy (non-hydrogen) atoms. The molecule has 1 atom stereocenters. The van der Waals surface area contributed by atoms with E-state index in [9.17, 15) is 14.4 Å². The molecule has 2 aromatic carbocycles. The molecular formula is C29H34N4O4. The van der Waals surface area contributed by atoms with Crippen LogP contribution in [-0.2, 0) is 22.6 Å². The fraction of sp³-hybridized carbons (Fsp3) is 0.483. The topological polar surface area (TPSA) is 82.2 Å². The molecule has 0 bridgehead atoms. The zero-order valence-corrected chi connectivity index (χ0v) is 21.4. The van der Waals surface area contributed by atoms with Crippen molar-refractivity contribution in [3.63, 3.8) is 0 Å². The summed E-state index contributed by atoms with van der Waals surface area (Å²) in [5.74, 6) is 0.239. The van der Waals surface area contributed by atoms with Gasteiger partial charge in [0.1, 0.15) is 11.8 Å². The number of nitrogens with one attached hydrogen (secondary N) is 1. The average molecular weight is 503 g/mol. The van der Waals surface area contributed by atoms with Crippen LogP contribution in [0, 0.1) is 5.41 Å². The minimum Gasteiger partial charge on any atom is -0.496 e. The van der Waals surface area contributed by atoms with Crippen molar-refractivity contribution in [2.45, 2.75) is 44.7 Å². The van der Waals surface area contributed by atoms with Crippen LogP contribution in [0.1, 0.15) is 47.2 Å². The fourth-order valence-electron chi connectivity index (χ4n) is 6.55. The third kappa shape index (κ3) is 4.37. The van der Waals surface area contributed by atoms with Crippen molar-refractivity contribution in [1.29, 1.82) is 0 Å². The van der Waals surface area contributed by atoms with E-state index in [4.69, 9.17) is 4.74 Å². The Bertz CT molecular complexity index is 1230. The summed E-state index contributed by atoms with van der Waals surface area (Å²) in [5, 5.41) is 2.39. The number of imide groups is 1. The summed E-state index contributed by atoms with van der Waals surface area (Å²) in [6.45, 7) is 5.71. The van der Waals surface area contributed by atoms with Gasteiger partial charge in [0, 0.05) is 54.8 Å². The zero-order chi connectivity index (χ0) is 25.6. The Labute approximate surface area is 217 Å². The number of anilines is 1. The van der Waals surface area contributed by atoms with Gasteiger partial charge in [-0.1, -0.05) is 24.3 Å². The first kappa shape index (κ1) is 24.0. The molecule has 4 heterocycles. The summed E-state index contributed by atoms with van der Waals surface area (Å²) in [7, 11) is 1.73.